The zero-order chi connectivity index (χ0) is 22.2. The summed E-state index contributed by atoms with van der Waals surface area (Å²) in [6.45, 7) is 2.52. The van der Waals surface area contributed by atoms with Crippen molar-refractivity contribution >= 4 is 17.6 Å². The van der Waals surface area contributed by atoms with E-state index >= 15 is 0 Å². The van der Waals surface area contributed by atoms with Gasteiger partial charge in [0.25, 0.3) is 5.91 Å². The van der Waals surface area contributed by atoms with Gasteiger partial charge < -0.3 is 25.5 Å². The van der Waals surface area contributed by atoms with Gasteiger partial charge in [0.1, 0.15) is 11.6 Å². The number of nitrogens with one attached hydrogen (secondary N) is 1. The maximum atomic E-state index is 12.9. The summed E-state index contributed by atoms with van der Waals surface area (Å²) in [5.41, 5.74) is 6.35. The quantitative estimate of drug-likeness (QED) is 0.393. The molecular weight excluding hydrogens is 405 g/mol. The van der Waals surface area contributed by atoms with E-state index in [1.54, 1.807) is 17.0 Å². The smallest absolute Gasteiger partial charge is 0.260 e. The number of nitrogens with two attached hydrogens (primary N) is 1. The standard InChI is InChI=1S/C21H24FN5O4/c1-14(28)27-10-8-17(9-11-27)25-19(29)13-30-26-21(23)15-2-7-20(24-12-15)31-18-5-3-16(22)4-6-18/h2-7,12,17H,8-11,13H2,1H3,(H2,23,26)(H,25,29). The zero-order valence-electron chi connectivity index (χ0n) is 17.1. The Balaban J connectivity index is 1.43. The second-order valence-electron chi connectivity index (χ2n) is 7.04. The summed E-state index contributed by atoms with van der Waals surface area (Å²) in [6, 6.07) is 8.79. The Morgan fingerprint density at radius 1 is 1.23 bits per heavy atom. The Morgan fingerprint density at radius 2 is 1.94 bits per heavy atom. The molecule has 31 heavy (non-hydrogen) atoms. The average molecular weight is 429 g/mol. The van der Waals surface area contributed by atoms with E-state index in [-0.39, 0.29) is 36.1 Å². The number of halogens is 1. The number of oxime groups is 1. The second kappa shape index (κ2) is 10.4. The third-order valence-electron chi connectivity index (χ3n) is 4.73. The monoisotopic (exact) mass is 429 g/mol. The van der Waals surface area contributed by atoms with Crippen molar-refractivity contribution in [2.45, 2.75) is 25.8 Å². The summed E-state index contributed by atoms with van der Waals surface area (Å²) in [4.78, 5) is 34.3. The van der Waals surface area contributed by atoms with Crippen LogP contribution in [0.4, 0.5) is 4.39 Å². The highest BCUT2D eigenvalue weighted by molar-refractivity contribution is 5.96. The predicted octanol–water partition coefficient (Wildman–Crippen LogP) is 1.78. The van der Waals surface area contributed by atoms with Crippen LogP contribution in [-0.2, 0) is 14.4 Å². The Bertz CT molecular complexity index is 926. The minimum atomic E-state index is -0.355. The van der Waals surface area contributed by atoms with E-state index in [9.17, 15) is 14.0 Å². The van der Waals surface area contributed by atoms with Crippen LogP contribution in [0.3, 0.4) is 0 Å². The summed E-state index contributed by atoms with van der Waals surface area (Å²) < 4.78 is 18.4. The molecule has 9 nitrogen and oxygen atoms in total. The highest BCUT2D eigenvalue weighted by Gasteiger charge is 2.22. The van der Waals surface area contributed by atoms with Gasteiger partial charge in [0.05, 0.1) is 0 Å². The number of pyridine rings is 1. The zero-order valence-corrected chi connectivity index (χ0v) is 17.1. The number of carbonyl (C=O) groups is 2. The second-order valence-corrected chi connectivity index (χ2v) is 7.04. The number of benzene rings is 1. The summed E-state index contributed by atoms with van der Waals surface area (Å²) in [6.07, 6.45) is 2.85. The van der Waals surface area contributed by atoms with E-state index in [0.717, 1.165) is 0 Å². The van der Waals surface area contributed by atoms with Gasteiger partial charge in [-0.15, -0.1) is 0 Å². The number of hydrogen-bond donors (Lipinski definition) is 2. The first-order chi connectivity index (χ1) is 14.9. The molecule has 1 aromatic heterocycles. The lowest BCUT2D eigenvalue weighted by atomic mass is 10.1. The number of likely N-dealkylation sites (tertiary alicyclic amines) is 1. The van der Waals surface area contributed by atoms with Crippen molar-refractivity contribution in [1.82, 2.24) is 15.2 Å². The minimum absolute atomic E-state index is 0.00544. The maximum Gasteiger partial charge on any atom is 0.260 e. The molecule has 0 aliphatic carbocycles. The summed E-state index contributed by atoms with van der Waals surface area (Å²) in [5.74, 6) is 0.195. The van der Waals surface area contributed by atoms with Gasteiger partial charge >= 0.3 is 0 Å². The number of aromatic nitrogens is 1. The van der Waals surface area contributed by atoms with Crippen molar-refractivity contribution < 1.29 is 23.6 Å². The average Bonchev–Trinajstić information content (AvgIpc) is 2.76. The fraction of sp³-hybridized carbons (Fsp3) is 0.333. The Hall–Kier alpha value is -3.69. The number of amidine groups is 1. The van der Waals surface area contributed by atoms with E-state index in [1.807, 2.05) is 0 Å². The highest BCUT2D eigenvalue weighted by atomic mass is 19.1. The van der Waals surface area contributed by atoms with Gasteiger partial charge in [0, 0.05) is 43.9 Å². The van der Waals surface area contributed by atoms with E-state index in [1.165, 1.54) is 37.4 Å². The Kier molecular flexibility index (Phi) is 7.36. The molecule has 0 bridgehead atoms. The van der Waals surface area contributed by atoms with Crippen LogP contribution in [0.2, 0.25) is 0 Å². The van der Waals surface area contributed by atoms with E-state index < -0.39 is 0 Å². The van der Waals surface area contributed by atoms with Gasteiger partial charge in [-0.1, -0.05) is 5.16 Å². The molecule has 10 heteroatoms. The fourth-order valence-corrected chi connectivity index (χ4v) is 3.04. The maximum absolute atomic E-state index is 12.9. The van der Waals surface area contributed by atoms with Crippen LogP contribution in [0.5, 0.6) is 11.6 Å². The molecule has 0 radical (unpaired) electrons. The molecule has 0 saturated carbocycles. The van der Waals surface area contributed by atoms with E-state index in [2.05, 4.69) is 15.5 Å². The van der Waals surface area contributed by atoms with Crippen LogP contribution in [0.25, 0.3) is 0 Å². The van der Waals surface area contributed by atoms with Gasteiger partial charge in [-0.05, 0) is 43.2 Å². The molecule has 1 aromatic carbocycles. The van der Waals surface area contributed by atoms with Gasteiger partial charge in [-0.25, -0.2) is 9.37 Å². The van der Waals surface area contributed by atoms with Gasteiger partial charge in [0.15, 0.2) is 12.4 Å². The summed E-state index contributed by atoms with van der Waals surface area (Å²) in [7, 11) is 0. The number of piperidine rings is 1. The molecule has 0 unspecified atom stereocenters. The minimum Gasteiger partial charge on any atom is -0.439 e. The van der Waals surface area contributed by atoms with Crippen LogP contribution < -0.4 is 15.8 Å². The first-order valence-corrected chi connectivity index (χ1v) is 9.81. The van der Waals surface area contributed by atoms with E-state index in [0.29, 0.717) is 43.1 Å². The molecule has 3 rings (SSSR count). The van der Waals surface area contributed by atoms with Crippen molar-refractivity contribution in [3.05, 3.63) is 54.0 Å². The van der Waals surface area contributed by atoms with E-state index in [4.69, 9.17) is 15.3 Å². The lowest BCUT2D eigenvalue weighted by Crippen LogP contribution is -2.46. The molecule has 1 fully saturated rings. The molecule has 2 heterocycles. The number of hydrogen-bond acceptors (Lipinski definition) is 6. The summed E-state index contributed by atoms with van der Waals surface area (Å²) >= 11 is 0. The van der Waals surface area contributed by atoms with Crippen LogP contribution in [-0.4, -0.2) is 53.3 Å². The Labute approximate surface area is 179 Å². The number of amides is 2. The van der Waals surface area contributed by atoms with Crippen LogP contribution in [0.15, 0.2) is 47.8 Å². The molecule has 0 atom stereocenters. The fourth-order valence-electron chi connectivity index (χ4n) is 3.04. The van der Waals surface area contributed by atoms with Gasteiger partial charge in [0.2, 0.25) is 11.8 Å². The number of rotatable bonds is 7. The first kappa shape index (κ1) is 22.0. The highest BCUT2D eigenvalue weighted by Crippen LogP contribution is 2.19. The number of carbonyl (C=O) groups excluding carboxylic acids is 2. The Morgan fingerprint density at radius 3 is 2.55 bits per heavy atom. The van der Waals surface area contributed by atoms with Gasteiger partial charge in [-0.2, -0.15) is 0 Å². The summed E-state index contributed by atoms with van der Waals surface area (Å²) in [5, 5.41) is 6.61. The van der Waals surface area contributed by atoms with Crippen LogP contribution >= 0.6 is 0 Å². The molecule has 2 aromatic rings. The molecule has 2 amide bonds. The third kappa shape index (κ3) is 6.66. The molecule has 164 valence electrons. The lowest BCUT2D eigenvalue weighted by molar-refractivity contribution is -0.130. The van der Waals surface area contributed by atoms with Gasteiger partial charge in [-0.3, -0.25) is 9.59 Å². The molecule has 1 aliphatic rings. The SMILES string of the molecule is CC(=O)N1CCC(NC(=O)CO/N=C(/N)c2ccc(Oc3ccc(F)cc3)nc2)CC1. The van der Waals surface area contributed by atoms with Crippen molar-refractivity contribution in [1.29, 1.82) is 0 Å². The topological polar surface area (TPSA) is 119 Å². The van der Waals surface area contributed by atoms with Crippen LogP contribution in [0, 0.1) is 5.82 Å². The normalized spacial score (nSPS) is 14.8. The van der Waals surface area contributed by atoms with Crippen molar-refractivity contribution in [2.24, 2.45) is 10.9 Å². The molecule has 1 aliphatic heterocycles. The first-order valence-electron chi connectivity index (χ1n) is 9.81. The molecular formula is C21H24FN5O4. The lowest BCUT2D eigenvalue weighted by Gasteiger charge is -2.31. The molecule has 1 saturated heterocycles. The largest absolute Gasteiger partial charge is 0.439 e. The molecule has 0 spiro atoms. The number of ether oxygens (including phenoxy) is 1. The van der Waals surface area contributed by atoms with Crippen molar-refractivity contribution in [3.8, 4) is 11.6 Å². The third-order valence-corrected chi connectivity index (χ3v) is 4.73. The number of nitrogens with zero attached hydrogens (tertiary/aromatic N) is 3. The van der Waals surface area contributed by atoms with Crippen molar-refractivity contribution in [3.63, 3.8) is 0 Å². The molecule has 3 N–H and O–H groups in total. The van der Waals surface area contributed by atoms with Crippen molar-refractivity contribution in [2.75, 3.05) is 19.7 Å². The predicted molar refractivity (Wildman–Crippen MR) is 111 cm³/mol. The van der Waals surface area contributed by atoms with Crippen LogP contribution in [0.1, 0.15) is 25.3 Å².